The van der Waals surface area contributed by atoms with Crippen molar-refractivity contribution in [2.24, 2.45) is 5.10 Å². The van der Waals surface area contributed by atoms with Gasteiger partial charge in [-0.25, -0.2) is 10.1 Å². The monoisotopic (exact) mass is 501 g/mol. The summed E-state index contributed by atoms with van der Waals surface area (Å²) in [5, 5.41) is 19.9. The van der Waals surface area contributed by atoms with Crippen LogP contribution in [0.5, 0.6) is 0 Å². The fourth-order valence-electron chi connectivity index (χ4n) is 3.68. The van der Waals surface area contributed by atoms with Crippen molar-refractivity contribution in [1.82, 2.24) is 35.6 Å². The van der Waals surface area contributed by atoms with E-state index in [2.05, 4.69) is 58.9 Å². The summed E-state index contributed by atoms with van der Waals surface area (Å²) in [5.41, 5.74) is 10.7. The predicted molar refractivity (Wildman–Crippen MR) is 121 cm³/mol. The maximum absolute atomic E-state index is 13.0. The number of aromatic nitrogens is 5. The number of carbonyl (C=O) groups is 1. The fraction of sp³-hybridized carbons (Fsp3) is 0.400. The van der Waals surface area contributed by atoms with E-state index in [0.717, 1.165) is 29.4 Å². The van der Waals surface area contributed by atoms with E-state index in [4.69, 9.17) is 10.4 Å². The Labute approximate surface area is 193 Å². The van der Waals surface area contributed by atoms with Gasteiger partial charge in [-0.3, -0.25) is 9.69 Å². The highest BCUT2D eigenvalue weighted by atomic mass is 79.9. The van der Waals surface area contributed by atoms with Crippen LogP contribution in [0.3, 0.4) is 0 Å². The average Bonchev–Trinajstić information content (AvgIpc) is 3.39. The molecule has 0 unspecified atom stereocenters. The van der Waals surface area contributed by atoms with Crippen LogP contribution in [0.15, 0.2) is 38.5 Å². The first-order chi connectivity index (χ1) is 15.4. The lowest BCUT2D eigenvalue weighted by atomic mass is 10.0. The molecule has 11 nitrogen and oxygen atoms in total. The molecule has 1 atom stereocenters. The number of hydrogen-bond donors (Lipinski definition) is 2. The molecule has 1 saturated heterocycles. The molecule has 3 aromatic rings. The summed E-state index contributed by atoms with van der Waals surface area (Å²) in [6.07, 6.45) is 3.37. The van der Waals surface area contributed by atoms with Crippen LogP contribution in [0.4, 0.5) is 5.82 Å². The van der Waals surface area contributed by atoms with Crippen molar-refractivity contribution in [3.05, 3.63) is 45.7 Å². The summed E-state index contributed by atoms with van der Waals surface area (Å²) in [7, 11) is 0. The van der Waals surface area contributed by atoms with Gasteiger partial charge in [-0.1, -0.05) is 39.7 Å². The van der Waals surface area contributed by atoms with E-state index in [1.165, 1.54) is 11.1 Å². The Hall–Kier alpha value is -3.12. The molecule has 12 heteroatoms. The highest BCUT2D eigenvalue weighted by Crippen LogP contribution is 2.23. The normalized spacial score (nSPS) is 17.5. The van der Waals surface area contributed by atoms with E-state index >= 15 is 0 Å². The zero-order chi connectivity index (χ0) is 22.7. The number of hydrazone groups is 1. The van der Waals surface area contributed by atoms with Crippen LogP contribution in [0.2, 0.25) is 0 Å². The van der Waals surface area contributed by atoms with Crippen LogP contribution >= 0.6 is 15.9 Å². The minimum absolute atomic E-state index is 0.0679. The summed E-state index contributed by atoms with van der Waals surface area (Å²) in [6.45, 7) is 5.36. The molecule has 0 radical (unpaired) electrons. The number of carbonyl (C=O) groups excluding carboxylic acids is 1. The molecular formula is C20H24BrN9O2. The van der Waals surface area contributed by atoms with Gasteiger partial charge in [0.05, 0.1) is 11.4 Å². The molecular weight excluding hydrogens is 478 g/mol. The van der Waals surface area contributed by atoms with E-state index in [-0.39, 0.29) is 17.3 Å². The van der Waals surface area contributed by atoms with Gasteiger partial charge in [0.1, 0.15) is 0 Å². The zero-order valence-electron chi connectivity index (χ0n) is 17.8. The SMILES string of the molecule is C/C(=N\NC(=O)c1nnn(-c2nonc2N)c1CN1CCCC[C@H]1C)c1cccc(Br)c1. The van der Waals surface area contributed by atoms with E-state index in [1.54, 1.807) is 0 Å². The van der Waals surface area contributed by atoms with Gasteiger partial charge in [-0.15, -0.1) is 5.10 Å². The molecule has 168 valence electrons. The number of hydrogen-bond acceptors (Lipinski definition) is 9. The van der Waals surface area contributed by atoms with Gasteiger partial charge < -0.3 is 5.73 Å². The number of rotatable bonds is 6. The number of nitrogens with two attached hydrogens (primary N) is 1. The number of amides is 1. The topological polar surface area (TPSA) is 140 Å². The second-order valence-electron chi connectivity index (χ2n) is 7.73. The average molecular weight is 502 g/mol. The van der Waals surface area contributed by atoms with Gasteiger partial charge in [-0.05, 0) is 61.2 Å². The molecule has 1 fully saturated rings. The van der Waals surface area contributed by atoms with E-state index in [0.29, 0.717) is 24.0 Å². The van der Waals surface area contributed by atoms with Gasteiger partial charge in [0.2, 0.25) is 11.6 Å². The van der Waals surface area contributed by atoms with Gasteiger partial charge in [0.25, 0.3) is 5.91 Å². The van der Waals surface area contributed by atoms with Crippen LogP contribution in [0.25, 0.3) is 5.82 Å². The predicted octanol–water partition coefficient (Wildman–Crippen LogP) is 2.52. The molecule has 3 heterocycles. The van der Waals surface area contributed by atoms with Crippen molar-refractivity contribution in [2.75, 3.05) is 12.3 Å². The van der Waals surface area contributed by atoms with Crippen LogP contribution in [-0.4, -0.2) is 54.4 Å². The summed E-state index contributed by atoms with van der Waals surface area (Å²) >= 11 is 3.44. The number of piperidine rings is 1. The second-order valence-corrected chi connectivity index (χ2v) is 8.65. The smallest absolute Gasteiger partial charge is 0.293 e. The van der Waals surface area contributed by atoms with Crippen LogP contribution < -0.4 is 11.2 Å². The highest BCUT2D eigenvalue weighted by molar-refractivity contribution is 9.10. The molecule has 0 spiro atoms. The van der Waals surface area contributed by atoms with E-state index in [1.807, 2.05) is 31.2 Å². The highest BCUT2D eigenvalue weighted by Gasteiger charge is 2.28. The van der Waals surface area contributed by atoms with Crippen molar-refractivity contribution in [3.63, 3.8) is 0 Å². The van der Waals surface area contributed by atoms with Gasteiger partial charge in [0, 0.05) is 17.1 Å². The van der Waals surface area contributed by atoms with Crippen molar-refractivity contribution in [3.8, 4) is 5.82 Å². The Morgan fingerprint density at radius 1 is 1.38 bits per heavy atom. The molecule has 1 amide bonds. The lowest BCUT2D eigenvalue weighted by Crippen LogP contribution is -2.38. The quantitative estimate of drug-likeness (QED) is 0.387. The second kappa shape index (κ2) is 9.57. The van der Waals surface area contributed by atoms with Crippen LogP contribution in [0, 0.1) is 0 Å². The van der Waals surface area contributed by atoms with Crippen molar-refractivity contribution in [1.29, 1.82) is 0 Å². The molecule has 1 aliphatic rings. The standard InChI is InChI=1S/C20H24BrN9O2/c1-12-6-3-4-9-29(12)11-16-17(24-28-30(16)19-18(22)26-32-27-19)20(31)25-23-13(2)14-7-5-8-15(21)10-14/h5,7-8,10,12H,3-4,6,9,11H2,1-2H3,(H2,22,26)(H,25,31)/b23-13+/t12-/m1/s1. The van der Waals surface area contributed by atoms with E-state index < -0.39 is 5.91 Å². The van der Waals surface area contributed by atoms with Crippen LogP contribution in [0.1, 0.15) is 54.9 Å². The summed E-state index contributed by atoms with van der Waals surface area (Å²) in [4.78, 5) is 15.3. The first-order valence-corrected chi connectivity index (χ1v) is 11.1. The van der Waals surface area contributed by atoms with Crippen LogP contribution in [-0.2, 0) is 6.54 Å². The van der Waals surface area contributed by atoms with Gasteiger partial charge in [-0.2, -0.15) is 9.78 Å². The van der Waals surface area contributed by atoms with Crippen molar-refractivity contribution in [2.45, 2.75) is 45.7 Å². The minimum Gasteiger partial charge on any atom is -0.378 e. The molecule has 0 aliphatic carbocycles. The van der Waals surface area contributed by atoms with Crippen molar-refractivity contribution < 1.29 is 9.42 Å². The molecule has 1 aromatic carbocycles. The molecule has 0 bridgehead atoms. The molecule has 3 N–H and O–H groups in total. The molecule has 4 rings (SSSR count). The maximum Gasteiger partial charge on any atom is 0.293 e. The number of nitrogens with zero attached hydrogens (tertiary/aromatic N) is 7. The fourth-order valence-corrected chi connectivity index (χ4v) is 4.08. The Morgan fingerprint density at radius 2 is 2.22 bits per heavy atom. The number of anilines is 1. The molecule has 0 saturated carbocycles. The molecule has 1 aliphatic heterocycles. The van der Waals surface area contributed by atoms with Gasteiger partial charge >= 0.3 is 0 Å². The largest absolute Gasteiger partial charge is 0.378 e. The third-order valence-electron chi connectivity index (χ3n) is 5.54. The Bertz CT molecular complexity index is 1140. The van der Waals surface area contributed by atoms with Gasteiger partial charge in [0.15, 0.2) is 5.69 Å². The Morgan fingerprint density at radius 3 is 2.94 bits per heavy atom. The third kappa shape index (κ3) is 4.70. The lowest BCUT2D eigenvalue weighted by Gasteiger charge is -2.33. The summed E-state index contributed by atoms with van der Waals surface area (Å²) in [6, 6.07) is 8.03. The number of likely N-dealkylation sites (tertiary alicyclic amines) is 1. The first-order valence-electron chi connectivity index (χ1n) is 10.3. The number of halogens is 1. The molecule has 2 aromatic heterocycles. The Balaban J connectivity index is 1.62. The number of benzene rings is 1. The zero-order valence-corrected chi connectivity index (χ0v) is 19.4. The number of nitrogen functional groups attached to an aromatic ring is 1. The summed E-state index contributed by atoms with van der Waals surface area (Å²) < 4.78 is 7.06. The summed E-state index contributed by atoms with van der Waals surface area (Å²) in [5.74, 6) is -0.205. The van der Waals surface area contributed by atoms with Crippen molar-refractivity contribution >= 4 is 33.4 Å². The maximum atomic E-state index is 13.0. The van der Waals surface area contributed by atoms with E-state index in [9.17, 15) is 4.79 Å². The lowest BCUT2D eigenvalue weighted by molar-refractivity contribution is 0.0944. The third-order valence-corrected chi connectivity index (χ3v) is 6.03. The number of nitrogens with one attached hydrogen (secondary N) is 1. The Kier molecular flexibility index (Phi) is 6.61. The minimum atomic E-state index is -0.472. The first kappa shape index (κ1) is 22.1. The molecule has 32 heavy (non-hydrogen) atoms.